The van der Waals surface area contributed by atoms with Gasteiger partial charge in [-0.05, 0) is 67.2 Å². The van der Waals surface area contributed by atoms with Crippen LogP contribution < -0.4 is 0 Å². The lowest BCUT2D eigenvalue weighted by atomic mass is 9.91. The van der Waals surface area contributed by atoms with Crippen LogP contribution in [0.15, 0.2) is 121 Å². The fourth-order valence-corrected chi connectivity index (χ4v) is 6.38. The van der Waals surface area contributed by atoms with Crippen LogP contribution in [-0.2, 0) is 0 Å². The zero-order valence-electron chi connectivity index (χ0n) is 19.3. The topological polar surface area (TPSA) is 17.3 Å². The zero-order valence-corrected chi connectivity index (χ0v) is 20.2. The molecule has 0 radical (unpaired) electrons. The lowest BCUT2D eigenvalue weighted by Gasteiger charge is -2.12. The Kier molecular flexibility index (Phi) is 4.13. The number of hydrogen-bond acceptors (Lipinski definition) is 2. The molecular weight excluding hydrogens is 456 g/mol. The molecule has 0 N–H and O–H groups in total. The van der Waals surface area contributed by atoms with Crippen molar-refractivity contribution in [3.63, 3.8) is 0 Å². The number of thiazole rings is 1. The molecule has 0 fully saturated rings. The van der Waals surface area contributed by atoms with E-state index in [-0.39, 0.29) is 0 Å². The first-order valence-corrected chi connectivity index (χ1v) is 13.0. The summed E-state index contributed by atoms with van der Waals surface area (Å²) in [6, 6.07) is 39.7. The van der Waals surface area contributed by atoms with Crippen LogP contribution in [0.1, 0.15) is 0 Å². The average molecular weight is 477 g/mol. The summed E-state index contributed by atoms with van der Waals surface area (Å²) >= 11 is 1.67. The molecule has 0 aliphatic rings. The first kappa shape index (κ1) is 19.8. The molecule has 2 aromatic heterocycles. The first-order chi connectivity index (χ1) is 17.8. The van der Waals surface area contributed by atoms with Gasteiger partial charge in [0.1, 0.15) is 0 Å². The van der Waals surface area contributed by atoms with Crippen LogP contribution in [0, 0.1) is 0 Å². The number of nitrogens with zero attached hydrogens (tertiary/aromatic N) is 2. The van der Waals surface area contributed by atoms with Crippen molar-refractivity contribution < 1.29 is 0 Å². The SMILES string of the molecule is c1cc(-c2ccc3c4ccccc4c4ccccc4c3c2)cc(-c2cccc3c2nc2sccn23)c1. The summed E-state index contributed by atoms with van der Waals surface area (Å²) in [7, 11) is 0. The standard InChI is InChI=1S/C33H20N2S/c1-2-11-27-25(9-1)26-10-3-4-12-28(26)30-20-22(15-16-29(27)30)21-7-5-8-23(19-21)24-13-6-14-31-32(24)34-33-35(31)17-18-36-33/h1-20H. The fourth-order valence-electron chi connectivity index (χ4n) is 5.66. The summed E-state index contributed by atoms with van der Waals surface area (Å²) in [4.78, 5) is 5.97. The van der Waals surface area contributed by atoms with E-state index in [9.17, 15) is 0 Å². The summed E-state index contributed by atoms with van der Waals surface area (Å²) < 4.78 is 2.17. The number of para-hydroxylation sites is 1. The van der Waals surface area contributed by atoms with Gasteiger partial charge < -0.3 is 0 Å². The smallest absolute Gasteiger partial charge is 0.194 e. The lowest BCUT2D eigenvalue weighted by Crippen LogP contribution is -1.86. The van der Waals surface area contributed by atoms with Crippen LogP contribution in [0.5, 0.6) is 0 Å². The van der Waals surface area contributed by atoms with Crippen LogP contribution in [0.25, 0.3) is 70.6 Å². The molecule has 0 aliphatic heterocycles. The minimum atomic E-state index is 1.03. The van der Waals surface area contributed by atoms with Gasteiger partial charge in [0, 0.05) is 17.1 Å². The van der Waals surface area contributed by atoms with Crippen molar-refractivity contribution in [2.45, 2.75) is 0 Å². The van der Waals surface area contributed by atoms with Gasteiger partial charge in [0.15, 0.2) is 4.96 Å². The summed E-state index contributed by atoms with van der Waals surface area (Å²) in [6.45, 7) is 0. The van der Waals surface area contributed by atoms with E-state index in [2.05, 4.69) is 125 Å². The molecule has 2 nitrogen and oxygen atoms in total. The minimum Gasteiger partial charge on any atom is -0.290 e. The second-order valence-electron chi connectivity index (χ2n) is 9.27. The molecular formula is C33H20N2S. The molecule has 0 saturated carbocycles. The van der Waals surface area contributed by atoms with Crippen LogP contribution in [0.2, 0.25) is 0 Å². The third kappa shape index (κ3) is 2.81. The normalized spacial score (nSPS) is 11.9. The number of aromatic nitrogens is 2. The number of hydrogen-bond donors (Lipinski definition) is 0. The predicted octanol–water partition coefficient (Wildman–Crippen LogP) is 9.34. The Morgan fingerprint density at radius 2 is 1.17 bits per heavy atom. The Morgan fingerprint density at radius 1 is 0.528 bits per heavy atom. The van der Waals surface area contributed by atoms with E-state index in [0.717, 1.165) is 16.0 Å². The van der Waals surface area contributed by atoms with Gasteiger partial charge in [-0.25, -0.2) is 4.98 Å². The molecule has 8 rings (SSSR count). The first-order valence-electron chi connectivity index (χ1n) is 12.1. The van der Waals surface area contributed by atoms with Crippen molar-refractivity contribution in [1.82, 2.24) is 9.38 Å². The second kappa shape index (κ2) is 7.51. The van der Waals surface area contributed by atoms with E-state index in [1.165, 1.54) is 54.6 Å². The molecule has 0 amide bonds. The molecule has 0 saturated heterocycles. The number of imidazole rings is 1. The average Bonchev–Trinajstić information content (AvgIpc) is 3.55. The molecule has 2 heterocycles. The summed E-state index contributed by atoms with van der Waals surface area (Å²) in [5.41, 5.74) is 7.00. The van der Waals surface area contributed by atoms with E-state index in [4.69, 9.17) is 4.98 Å². The second-order valence-corrected chi connectivity index (χ2v) is 10.1. The summed E-state index contributed by atoms with van der Waals surface area (Å²) in [5, 5.41) is 9.89. The maximum atomic E-state index is 4.94. The number of benzene rings is 6. The molecule has 0 bridgehead atoms. The van der Waals surface area contributed by atoms with Crippen LogP contribution >= 0.6 is 11.3 Å². The van der Waals surface area contributed by atoms with E-state index in [0.29, 0.717) is 0 Å². The zero-order chi connectivity index (χ0) is 23.6. The Bertz CT molecular complexity index is 2080. The van der Waals surface area contributed by atoms with Crippen molar-refractivity contribution in [3.05, 3.63) is 121 Å². The number of fused-ring (bicyclic) bond motifs is 9. The van der Waals surface area contributed by atoms with Gasteiger partial charge in [-0.1, -0.05) is 91.0 Å². The van der Waals surface area contributed by atoms with E-state index in [1.807, 2.05) is 0 Å². The van der Waals surface area contributed by atoms with E-state index < -0.39 is 0 Å². The Labute approximate surface area is 211 Å². The van der Waals surface area contributed by atoms with Crippen molar-refractivity contribution in [1.29, 1.82) is 0 Å². The van der Waals surface area contributed by atoms with Crippen molar-refractivity contribution in [2.75, 3.05) is 0 Å². The fraction of sp³-hybridized carbons (Fsp3) is 0. The van der Waals surface area contributed by atoms with E-state index >= 15 is 0 Å². The van der Waals surface area contributed by atoms with Gasteiger partial charge in [-0.3, -0.25) is 4.40 Å². The van der Waals surface area contributed by atoms with Crippen molar-refractivity contribution in [2.24, 2.45) is 0 Å². The highest BCUT2D eigenvalue weighted by atomic mass is 32.1. The van der Waals surface area contributed by atoms with Gasteiger partial charge in [0.05, 0.1) is 11.0 Å². The van der Waals surface area contributed by atoms with Crippen molar-refractivity contribution >= 4 is 59.6 Å². The quantitative estimate of drug-likeness (QED) is 0.227. The predicted molar refractivity (Wildman–Crippen MR) is 154 cm³/mol. The third-order valence-electron chi connectivity index (χ3n) is 7.32. The Hall–Kier alpha value is -4.47. The Balaban J connectivity index is 1.35. The third-order valence-corrected chi connectivity index (χ3v) is 8.08. The molecule has 6 aromatic carbocycles. The maximum Gasteiger partial charge on any atom is 0.194 e. The van der Waals surface area contributed by atoms with Gasteiger partial charge in [0.25, 0.3) is 0 Å². The van der Waals surface area contributed by atoms with Gasteiger partial charge in [-0.15, -0.1) is 11.3 Å². The highest BCUT2D eigenvalue weighted by Gasteiger charge is 2.13. The molecule has 168 valence electrons. The molecule has 0 unspecified atom stereocenters. The highest BCUT2D eigenvalue weighted by Crippen LogP contribution is 2.38. The molecule has 3 heteroatoms. The van der Waals surface area contributed by atoms with Gasteiger partial charge >= 0.3 is 0 Å². The van der Waals surface area contributed by atoms with Crippen molar-refractivity contribution in [3.8, 4) is 22.3 Å². The number of rotatable bonds is 2. The molecule has 0 aliphatic carbocycles. The highest BCUT2D eigenvalue weighted by molar-refractivity contribution is 7.15. The van der Waals surface area contributed by atoms with Gasteiger partial charge in [-0.2, -0.15) is 0 Å². The summed E-state index contributed by atoms with van der Waals surface area (Å²) in [5.74, 6) is 0. The van der Waals surface area contributed by atoms with E-state index in [1.54, 1.807) is 11.3 Å². The monoisotopic (exact) mass is 476 g/mol. The molecule has 8 aromatic rings. The largest absolute Gasteiger partial charge is 0.290 e. The molecule has 0 atom stereocenters. The minimum absolute atomic E-state index is 1.03. The Morgan fingerprint density at radius 3 is 1.94 bits per heavy atom. The van der Waals surface area contributed by atoms with Crippen LogP contribution in [0.3, 0.4) is 0 Å². The van der Waals surface area contributed by atoms with Gasteiger partial charge in [0.2, 0.25) is 0 Å². The van der Waals surface area contributed by atoms with Crippen LogP contribution in [-0.4, -0.2) is 9.38 Å². The molecule has 36 heavy (non-hydrogen) atoms. The molecule has 0 spiro atoms. The lowest BCUT2D eigenvalue weighted by molar-refractivity contribution is 1.28. The van der Waals surface area contributed by atoms with Crippen LogP contribution in [0.4, 0.5) is 0 Å². The summed E-state index contributed by atoms with van der Waals surface area (Å²) in [6.07, 6.45) is 2.10. The maximum absolute atomic E-state index is 4.94.